The molecule has 1 atom stereocenters. The summed E-state index contributed by atoms with van der Waals surface area (Å²) in [5, 5.41) is 7.44. The fraction of sp³-hybridized carbons (Fsp3) is 0.294. The van der Waals surface area contributed by atoms with Gasteiger partial charge in [0.2, 0.25) is 5.95 Å². The standard InChI is InChI=1S/C17H18ClN7O/c1-24-10-12(18)15(23-24)16(26)21-11-5-8-25(9-11)17-20-7-4-14(22-17)13-3-2-6-19-13/h2-4,6-7,10-11,19H,5,8-9H2,1H3,(H,21,26). The van der Waals surface area contributed by atoms with Gasteiger partial charge in [-0.25, -0.2) is 9.97 Å². The number of halogens is 1. The number of aromatic amines is 1. The molecule has 1 unspecified atom stereocenters. The average Bonchev–Trinajstić information content (AvgIpc) is 3.36. The number of rotatable bonds is 4. The van der Waals surface area contributed by atoms with Gasteiger partial charge in [0, 0.05) is 44.8 Å². The van der Waals surface area contributed by atoms with Gasteiger partial charge in [-0.05, 0) is 24.6 Å². The van der Waals surface area contributed by atoms with Crippen molar-refractivity contribution in [2.75, 3.05) is 18.0 Å². The third kappa shape index (κ3) is 3.28. The second-order valence-corrected chi connectivity index (χ2v) is 6.64. The predicted octanol–water partition coefficient (Wildman–Crippen LogP) is 1.87. The van der Waals surface area contributed by atoms with Crippen LogP contribution >= 0.6 is 11.6 Å². The van der Waals surface area contributed by atoms with Crippen molar-refractivity contribution >= 4 is 23.5 Å². The zero-order chi connectivity index (χ0) is 18.1. The summed E-state index contributed by atoms with van der Waals surface area (Å²) in [6.45, 7) is 1.42. The van der Waals surface area contributed by atoms with E-state index in [1.54, 1.807) is 19.4 Å². The number of carbonyl (C=O) groups is 1. The highest BCUT2D eigenvalue weighted by Gasteiger charge is 2.27. The number of carbonyl (C=O) groups excluding carboxylic acids is 1. The van der Waals surface area contributed by atoms with Crippen LogP contribution in [0.5, 0.6) is 0 Å². The molecule has 0 aromatic carbocycles. The van der Waals surface area contributed by atoms with Crippen LogP contribution in [0, 0.1) is 0 Å². The van der Waals surface area contributed by atoms with Gasteiger partial charge in [0.1, 0.15) is 0 Å². The van der Waals surface area contributed by atoms with Gasteiger partial charge in [-0.2, -0.15) is 5.10 Å². The Morgan fingerprint density at radius 3 is 3.04 bits per heavy atom. The SMILES string of the molecule is Cn1cc(Cl)c(C(=O)NC2CCN(c3nccc(-c4ccc[nH]4)n3)C2)n1. The maximum atomic E-state index is 12.4. The Morgan fingerprint density at radius 2 is 2.31 bits per heavy atom. The molecule has 0 saturated carbocycles. The van der Waals surface area contributed by atoms with Gasteiger partial charge in [0.15, 0.2) is 5.69 Å². The van der Waals surface area contributed by atoms with Gasteiger partial charge in [0.05, 0.1) is 16.4 Å². The normalized spacial score (nSPS) is 16.8. The average molecular weight is 372 g/mol. The maximum Gasteiger partial charge on any atom is 0.273 e. The molecule has 0 radical (unpaired) electrons. The first-order chi connectivity index (χ1) is 12.6. The van der Waals surface area contributed by atoms with Crippen LogP contribution in [0.1, 0.15) is 16.9 Å². The monoisotopic (exact) mass is 371 g/mol. The second-order valence-electron chi connectivity index (χ2n) is 6.23. The number of aryl methyl sites for hydroxylation is 1. The lowest BCUT2D eigenvalue weighted by atomic mass is 10.2. The lowest BCUT2D eigenvalue weighted by molar-refractivity contribution is 0.0934. The van der Waals surface area contributed by atoms with E-state index >= 15 is 0 Å². The van der Waals surface area contributed by atoms with Crippen LogP contribution in [0.4, 0.5) is 5.95 Å². The molecule has 4 rings (SSSR count). The van der Waals surface area contributed by atoms with E-state index in [0.29, 0.717) is 17.5 Å². The topological polar surface area (TPSA) is 91.7 Å². The van der Waals surface area contributed by atoms with Crippen LogP contribution in [0.15, 0.2) is 36.8 Å². The van der Waals surface area contributed by atoms with Crippen molar-refractivity contribution in [1.82, 2.24) is 30.0 Å². The molecular formula is C17H18ClN7O. The fourth-order valence-corrected chi connectivity index (χ4v) is 3.33. The van der Waals surface area contributed by atoms with E-state index < -0.39 is 0 Å². The summed E-state index contributed by atoms with van der Waals surface area (Å²) < 4.78 is 1.53. The number of aromatic nitrogens is 5. The van der Waals surface area contributed by atoms with Crippen LogP contribution in [0.3, 0.4) is 0 Å². The molecule has 1 aliphatic rings. The lowest BCUT2D eigenvalue weighted by Gasteiger charge is -2.17. The van der Waals surface area contributed by atoms with E-state index in [2.05, 4.69) is 30.3 Å². The second kappa shape index (κ2) is 6.80. The summed E-state index contributed by atoms with van der Waals surface area (Å²) in [5.41, 5.74) is 2.04. The highest BCUT2D eigenvalue weighted by Crippen LogP contribution is 2.21. The molecule has 3 aromatic heterocycles. The minimum absolute atomic E-state index is 0.00156. The van der Waals surface area contributed by atoms with Crippen LogP contribution in [-0.2, 0) is 7.05 Å². The molecule has 1 amide bonds. The zero-order valence-corrected chi connectivity index (χ0v) is 14.9. The van der Waals surface area contributed by atoms with E-state index in [4.69, 9.17) is 11.6 Å². The molecule has 8 nitrogen and oxygen atoms in total. The molecule has 1 saturated heterocycles. The van der Waals surface area contributed by atoms with Gasteiger partial charge >= 0.3 is 0 Å². The van der Waals surface area contributed by atoms with Crippen LogP contribution in [0.25, 0.3) is 11.4 Å². The Hall–Kier alpha value is -2.87. The van der Waals surface area contributed by atoms with E-state index in [0.717, 1.165) is 24.4 Å². The van der Waals surface area contributed by atoms with Gasteiger partial charge in [-0.15, -0.1) is 0 Å². The lowest BCUT2D eigenvalue weighted by Crippen LogP contribution is -2.37. The molecule has 3 aromatic rings. The van der Waals surface area contributed by atoms with Crippen molar-refractivity contribution in [2.24, 2.45) is 7.05 Å². The van der Waals surface area contributed by atoms with E-state index in [1.807, 2.05) is 24.4 Å². The quantitative estimate of drug-likeness (QED) is 0.730. The smallest absolute Gasteiger partial charge is 0.273 e. The zero-order valence-electron chi connectivity index (χ0n) is 14.2. The molecule has 4 heterocycles. The van der Waals surface area contributed by atoms with Crippen LogP contribution < -0.4 is 10.2 Å². The molecule has 1 aliphatic heterocycles. The first-order valence-corrected chi connectivity index (χ1v) is 8.70. The van der Waals surface area contributed by atoms with Crippen molar-refractivity contribution in [3.05, 3.63) is 47.5 Å². The Balaban J connectivity index is 1.43. The van der Waals surface area contributed by atoms with Gasteiger partial charge in [-0.1, -0.05) is 11.6 Å². The number of hydrogen-bond donors (Lipinski definition) is 2. The first-order valence-electron chi connectivity index (χ1n) is 8.32. The van der Waals surface area contributed by atoms with Crippen molar-refractivity contribution in [3.63, 3.8) is 0 Å². The molecule has 0 bridgehead atoms. The predicted molar refractivity (Wildman–Crippen MR) is 98.1 cm³/mol. The van der Waals surface area contributed by atoms with Crippen molar-refractivity contribution < 1.29 is 4.79 Å². The Morgan fingerprint density at radius 1 is 1.42 bits per heavy atom. The molecule has 9 heteroatoms. The first kappa shape index (κ1) is 16.6. The summed E-state index contributed by atoms with van der Waals surface area (Å²) in [6, 6.07) is 5.77. The summed E-state index contributed by atoms with van der Waals surface area (Å²) in [7, 11) is 1.73. The number of nitrogens with one attached hydrogen (secondary N) is 2. The summed E-state index contributed by atoms with van der Waals surface area (Å²) in [4.78, 5) is 26.6. The largest absolute Gasteiger partial charge is 0.360 e. The molecule has 26 heavy (non-hydrogen) atoms. The highest BCUT2D eigenvalue weighted by molar-refractivity contribution is 6.33. The summed E-state index contributed by atoms with van der Waals surface area (Å²) in [6.07, 6.45) is 6.03. The maximum absolute atomic E-state index is 12.4. The Bertz CT molecular complexity index is 921. The summed E-state index contributed by atoms with van der Waals surface area (Å²) in [5.74, 6) is 0.397. The number of hydrogen-bond acceptors (Lipinski definition) is 5. The third-order valence-corrected chi connectivity index (χ3v) is 4.60. The third-order valence-electron chi connectivity index (χ3n) is 4.32. The number of anilines is 1. The fourth-order valence-electron chi connectivity index (χ4n) is 3.07. The Kier molecular flexibility index (Phi) is 4.34. The van der Waals surface area contributed by atoms with Crippen LogP contribution in [-0.4, -0.2) is 49.8 Å². The van der Waals surface area contributed by atoms with Crippen molar-refractivity contribution in [2.45, 2.75) is 12.5 Å². The van der Waals surface area contributed by atoms with Gasteiger partial charge in [-0.3, -0.25) is 9.48 Å². The van der Waals surface area contributed by atoms with E-state index in [1.165, 1.54) is 4.68 Å². The molecule has 134 valence electrons. The summed E-state index contributed by atoms with van der Waals surface area (Å²) >= 11 is 6.04. The molecular weight excluding hydrogens is 354 g/mol. The Labute approximate surface area is 155 Å². The molecule has 0 spiro atoms. The number of amides is 1. The van der Waals surface area contributed by atoms with Crippen molar-refractivity contribution in [1.29, 1.82) is 0 Å². The minimum atomic E-state index is -0.261. The number of nitrogens with zero attached hydrogens (tertiary/aromatic N) is 5. The van der Waals surface area contributed by atoms with Gasteiger partial charge in [0.25, 0.3) is 5.91 Å². The van der Waals surface area contributed by atoms with Crippen LogP contribution in [0.2, 0.25) is 5.02 Å². The molecule has 1 fully saturated rings. The molecule has 2 N–H and O–H groups in total. The highest BCUT2D eigenvalue weighted by atomic mass is 35.5. The van der Waals surface area contributed by atoms with E-state index in [-0.39, 0.29) is 17.6 Å². The van der Waals surface area contributed by atoms with Gasteiger partial charge < -0.3 is 15.2 Å². The van der Waals surface area contributed by atoms with Crippen molar-refractivity contribution in [3.8, 4) is 11.4 Å². The number of H-pyrrole nitrogens is 1. The van der Waals surface area contributed by atoms with E-state index in [9.17, 15) is 4.79 Å². The minimum Gasteiger partial charge on any atom is -0.360 e. The molecule has 0 aliphatic carbocycles.